The van der Waals surface area contributed by atoms with Gasteiger partial charge in [-0.3, -0.25) is 0 Å². The molecular weight excluding hydrogens is 238 g/mol. The van der Waals surface area contributed by atoms with E-state index in [2.05, 4.69) is 9.97 Å². The normalized spacial score (nSPS) is 23.0. The van der Waals surface area contributed by atoms with Crippen molar-refractivity contribution in [2.45, 2.75) is 24.6 Å². The fourth-order valence-electron chi connectivity index (χ4n) is 1.65. The van der Waals surface area contributed by atoms with E-state index in [0.717, 1.165) is 23.6 Å². The second-order valence-corrected chi connectivity index (χ2v) is 6.53. The average molecular weight is 255 g/mol. The Labute approximate surface area is 105 Å². The van der Waals surface area contributed by atoms with Gasteiger partial charge in [-0.2, -0.15) is 11.8 Å². The van der Waals surface area contributed by atoms with Crippen molar-refractivity contribution in [1.82, 2.24) is 9.97 Å². The van der Waals surface area contributed by atoms with Crippen molar-refractivity contribution in [1.29, 1.82) is 0 Å². The molecule has 2 atom stereocenters. The minimum absolute atomic E-state index is 0.175. The van der Waals surface area contributed by atoms with Crippen molar-refractivity contribution in [3.05, 3.63) is 23.8 Å². The predicted molar refractivity (Wildman–Crippen MR) is 71.9 cm³/mol. The summed E-state index contributed by atoms with van der Waals surface area (Å²) in [7, 11) is 0. The van der Waals surface area contributed by atoms with Gasteiger partial charge in [0.05, 0.1) is 5.25 Å². The van der Waals surface area contributed by atoms with Gasteiger partial charge >= 0.3 is 0 Å². The molecule has 0 amide bonds. The van der Waals surface area contributed by atoms with Crippen LogP contribution in [0.1, 0.15) is 23.6 Å². The van der Waals surface area contributed by atoms with Crippen molar-refractivity contribution < 1.29 is 0 Å². The molecule has 0 spiro atoms. The molecule has 1 saturated heterocycles. The van der Waals surface area contributed by atoms with E-state index in [1.165, 1.54) is 11.5 Å². The summed E-state index contributed by atoms with van der Waals surface area (Å²) in [5.74, 6) is 4.58. The Morgan fingerprint density at radius 1 is 1.44 bits per heavy atom. The van der Waals surface area contributed by atoms with Crippen LogP contribution in [-0.4, -0.2) is 33.3 Å². The average Bonchev–Trinajstić information content (AvgIpc) is 2.30. The van der Waals surface area contributed by atoms with Gasteiger partial charge in [-0.25, -0.2) is 9.97 Å². The minimum Gasteiger partial charge on any atom is -0.328 e. The van der Waals surface area contributed by atoms with Gasteiger partial charge in [0.2, 0.25) is 0 Å². The molecule has 88 valence electrons. The maximum Gasteiger partial charge on any atom is 0.141 e. The van der Waals surface area contributed by atoms with E-state index >= 15 is 0 Å². The highest BCUT2D eigenvalue weighted by molar-refractivity contribution is 8.06. The highest BCUT2D eigenvalue weighted by atomic mass is 32.2. The van der Waals surface area contributed by atoms with Gasteiger partial charge in [-0.05, 0) is 18.9 Å². The van der Waals surface area contributed by atoms with E-state index in [4.69, 9.17) is 5.73 Å². The Morgan fingerprint density at radius 3 is 2.75 bits per heavy atom. The second-order valence-electron chi connectivity index (χ2n) is 4.07. The molecule has 0 bridgehead atoms. The van der Waals surface area contributed by atoms with Crippen LogP contribution in [0.4, 0.5) is 0 Å². The lowest BCUT2D eigenvalue weighted by atomic mass is 10.1. The molecule has 0 radical (unpaired) electrons. The fraction of sp³-hybridized carbons (Fsp3) is 0.636. The lowest BCUT2D eigenvalue weighted by molar-refractivity contribution is 0.728. The number of hydrogen-bond acceptors (Lipinski definition) is 5. The first-order valence-corrected chi connectivity index (χ1v) is 7.72. The Kier molecular flexibility index (Phi) is 4.49. The number of nitrogens with two attached hydrogens (primary N) is 1. The molecule has 1 aromatic rings. The Morgan fingerprint density at radius 2 is 2.19 bits per heavy atom. The van der Waals surface area contributed by atoms with E-state index in [0.29, 0.717) is 5.25 Å². The van der Waals surface area contributed by atoms with E-state index in [9.17, 15) is 0 Å². The zero-order chi connectivity index (χ0) is 11.4. The maximum absolute atomic E-state index is 5.74. The smallest absolute Gasteiger partial charge is 0.141 e. The summed E-state index contributed by atoms with van der Waals surface area (Å²) in [6, 6.07) is 0.175. The van der Waals surface area contributed by atoms with Crippen LogP contribution in [0, 0.1) is 0 Å². The lowest BCUT2D eigenvalue weighted by Crippen LogP contribution is -2.18. The molecule has 0 aliphatic carbocycles. The van der Waals surface area contributed by atoms with Crippen LogP contribution in [0.3, 0.4) is 0 Å². The van der Waals surface area contributed by atoms with Crippen molar-refractivity contribution in [2.24, 2.45) is 5.73 Å². The second kappa shape index (κ2) is 5.89. The molecule has 0 aromatic carbocycles. The van der Waals surface area contributed by atoms with Crippen LogP contribution in [0.15, 0.2) is 12.4 Å². The largest absolute Gasteiger partial charge is 0.328 e. The third-order valence-corrected chi connectivity index (χ3v) is 5.14. The summed E-state index contributed by atoms with van der Waals surface area (Å²) in [6.45, 7) is 2.00. The number of thioether (sulfide) groups is 2. The van der Waals surface area contributed by atoms with E-state index < -0.39 is 0 Å². The SMILES string of the molecule is CC(N)Cc1cnc(C2CSCCS2)nc1. The lowest BCUT2D eigenvalue weighted by Gasteiger charge is -2.19. The van der Waals surface area contributed by atoms with Crippen LogP contribution >= 0.6 is 23.5 Å². The molecule has 1 aliphatic heterocycles. The van der Waals surface area contributed by atoms with Crippen LogP contribution in [-0.2, 0) is 6.42 Å². The first kappa shape index (κ1) is 12.2. The molecular formula is C11H17N3S2. The molecule has 2 N–H and O–H groups in total. The van der Waals surface area contributed by atoms with Crippen molar-refractivity contribution in [3.63, 3.8) is 0 Å². The first-order chi connectivity index (χ1) is 7.75. The minimum atomic E-state index is 0.175. The molecule has 2 rings (SSSR count). The topological polar surface area (TPSA) is 51.8 Å². The van der Waals surface area contributed by atoms with Crippen molar-refractivity contribution in [3.8, 4) is 0 Å². The van der Waals surface area contributed by atoms with E-state index in [1.54, 1.807) is 0 Å². The number of aromatic nitrogens is 2. The summed E-state index contributed by atoms with van der Waals surface area (Å²) in [6.07, 6.45) is 4.70. The predicted octanol–water partition coefficient (Wildman–Crippen LogP) is 1.89. The summed E-state index contributed by atoms with van der Waals surface area (Å²) in [4.78, 5) is 8.91. The highest BCUT2D eigenvalue weighted by Gasteiger charge is 2.18. The zero-order valence-electron chi connectivity index (χ0n) is 9.43. The summed E-state index contributed by atoms with van der Waals surface area (Å²) in [5, 5.41) is 0.475. The summed E-state index contributed by atoms with van der Waals surface area (Å²) < 4.78 is 0. The van der Waals surface area contributed by atoms with Gasteiger partial charge in [-0.1, -0.05) is 0 Å². The van der Waals surface area contributed by atoms with E-state index in [-0.39, 0.29) is 6.04 Å². The van der Waals surface area contributed by atoms with Crippen LogP contribution in [0.2, 0.25) is 0 Å². The standard InChI is InChI=1S/C11H17N3S2/c1-8(12)4-9-5-13-11(14-6-9)10-7-15-2-3-16-10/h5-6,8,10H,2-4,7,12H2,1H3. The number of nitrogens with zero attached hydrogens (tertiary/aromatic N) is 2. The zero-order valence-corrected chi connectivity index (χ0v) is 11.1. The van der Waals surface area contributed by atoms with Crippen LogP contribution in [0.25, 0.3) is 0 Å². The fourth-order valence-corrected chi connectivity index (χ4v) is 4.26. The molecule has 3 nitrogen and oxygen atoms in total. The third kappa shape index (κ3) is 3.37. The molecule has 1 fully saturated rings. The maximum atomic E-state index is 5.74. The molecule has 2 unspecified atom stereocenters. The summed E-state index contributed by atoms with van der Waals surface area (Å²) >= 11 is 3.96. The van der Waals surface area contributed by atoms with Gasteiger partial charge in [0, 0.05) is 35.7 Å². The molecule has 0 saturated carbocycles. The van der Waals surface area contributed by atoms with Crippen molar-refractivity contribution in [2.75, 3.05) is 17.3 Å². The number of rotatable bonds is 3. The quantitative estimate of drug-likeness (QED) is 0.894. The van der Waals surface area contributed by atoms with Gasteiger partial charge in [0.15, 0.2) is 0 Å². The molecule has 1 aromatic heterocycles. The Balaban J connectivity index is 2.00. The highest BCUT2D eigenvalue weighted by Crippen LogP contribution is 2.34. The Bertz CT molecular complexity index is 321. The molecule has 2 heterocycles. The third-order valence-electron chi connectivity index (χ3n) is 2.39. The monoisotopic (exact) mass is 255 g/mol. The summed E-state index contributed by atoms with van der Waals surface area (Å²) in [5.41, 5.74) is 6.87. The van der Waals surface area contributed by atoms with Crippen LogP contribution in [0.5, 0.6) is 0 Å². The molecule has 16 heavy (non-hydrogen) atoms. The Hall–Kier alpha value is -0.260. The van der Waals surface area contributed by atoms with Gasteiger partial charge < -0.3 is 5.73 Å². The van der Waals surface area contributed by atoms with Crippen molar-refractivity contribution >= 4 is 23.5 Å². The van der Waals surface area contributed by atoms with Gasteiger partial charge in [-0.15, -0.1) is 11.8 Å². The number of hydrogen-bond donors (Lipinski definition) is 1. The van der Waals surface area contributed by atoms with Gasteiger partial charge in [0.1, 0.15) is 5.82 Å². The molecule has 1 aliphatic rings. The first-order valence-electron chi connectivity index (χ1n) is 5.51. The van der Waals surface area contributed by atoms with Gasteiger partial charge in [0.25, 0.3) is 0 Å². The van der Waals surface area contributed by atoms with E-state index in [1.807, 2.05) is 42.8 Å². The molecule has 5 heteroatoms. The van der Waals surface area contributed by atoms with Crippen LogP contribution < -0.4 is 5.73 Å².